The van der Waals surface area contributed by atoms with Crippen LogP contribution in [0.15, 0.2) is 60.9 Å². The maximum atomic E-state index is 6.09. The molecule has 1 unspecified atom stereocenters. The molecule has 3 aromatic heterocycles. The number of aromatic amines is 1. The highest BCUT2D eigenvalue weighted by atomic mass is 35.5. The van der Waals surface area contributed by atoms with Crippen molar-refractivity contribution in [1.82, 2.24) is 30.1 Å². The molecule has 4 rings (SSSR count). The molecule has 0 saturated carbocycles. The van der Waals surface area contributed by atoms with Gasteiger partial charge in [-0.15, -0.1) is 0 Å². The van der Waals surface area contributed by atoms with Crippen molar-refractivity contribution in [2.24, 2.45) is 0 Å². The largest absolute Gasteiger partial charge is 0.348 e. The molecular weight excluding hydrogens is 436 g/mol. The van der Waals surface area contributed by atoms with E-state index in [1.165, 1.54) is 0 Å². The number of hydrogen-bond acceptors (Lipinski definition) is 7. The summed E-state index contributed by atoms with van der Waals surface area (Å²) >= 11 is 6.09. The lowest BCUT2D eigenvalue weighted by atomic mass is 10.1. The molecule has 166 valence electrons. The van der Waals surface area contributed by atoms with E-state index in [1.807, 2.05) is 80.6 Å². The Labute approximate surface area is 196 Å². The molecule has 0 radical (unpaired) electrons. The second kappa shape index (κ2) is 10.5. The quantitative estimate of drug-likeness (QED) is 0.308. The fourth-order valence-electron chi connectivity index (χ4n) is 3.08. The fraction of sp³-hybridized carbons (Fsp3) is 0.125. The highest BCUT2D eigenvalue weighted by Gasteiger charge is 2.11. The van der Waals surface area contributed by atoms with E-state index in [0.717, 1.165) is 16.8 Å². The van der Waals surface area contributed by atoms with Crippen LogP contribution in [0.3, 0.4) is 0 Å². The lowest BCUT2D eigenvalue weighted by molar-refractivity contribution is 0.850. The SMILES string of the molecule is C/C=C/c1cc(Nc2nc(/C=C/c3cccc(Cl)c3)nc(NC(C)c3ccncc3)n2)n[nH]1. The molecule has 0 saturated heterocycles. The summed E-state index contributed by atoms with van der Waals surface area (Å²) in [5, 5.41) is 14.3. The van der Waals surface area contributed by atoms with Crippen molar-refractivity contribution in [3.63, 3.8) is 0 Å². The second-order valence-electron chi connectivity index (χ2n) is 7.21. The van der Waals surface area contributed by atoms with Gasteiger partial charge < -0.3 is 10.6 Å². The Morgan fingerprint density at radius 1 is 0.970 bits per heavy atom. The molecule has 9 heteroatoms. The number of aromatic nitrogens is 6. The molecule has 3 heterocycles. The molecule has 1 atom stereocenters. The first kappa shape index (κ1) is 22.2. The molecule has 8 nitrogen and oxygen atoms in total. The zero-order valence-corrected chi connectivity index (χ0v) is 19.0. The Morgan fingerprint density at radius 2 is 1.79 bits per heavy atom. The van der Waals surface area contributed by atoms with Crippen LogP contribution in [0, 0.1) is 0 Å². The molecule has 33 heavy (non-hydrogen) atoms. The molecule has 1 aromatic carbocycles. The molecule has 0 fully saturated rings. The Kier molecular flexibility index (Phi) is 7.06. The van der Waals surface area contributed by atoms with Gasteiger partial charge in [0.15, 0.2) is 11.6 Å². The number of allylic oxidation sites excluding steroid dienone is 1. The van der Waals surface area contributed by atoms with E-state index in [0.29, 0.717) is 28.6 Å². The van der Waals surface area contributed by atoms with Gasteiger partial charge in [-0.1, -0.05) is 35.9 Å². The molecule has 0 spiro atoms. The van der Waals surface area contributed by atoms with Crippen LogP contribution >= 0.6 is 11.6 Å². The van der Waals surface area contributed by atoms with Crippen LogP contribution < -0.4 is 10.6 Å². The molecule has 0 aliphatic rings. The average Bonchev–Trinajstić information content (AvgIpc) is 3.25. The van der Waals surface area contributed by atoms with E-state index in [1.54, 1.807) is 12.4 Å². The number of pyridine rings is 1. The van der Waals surface area contributed by atoms with Crippen molar-refractivity contribution >= 4 is 47.5 Å². The van der Waals surface area contributed by atoms with Crippen LogP contribution in [0.25, 0.3) is 18.2 Å². The Morgan fingerprint density at radius 3 is 2.58 bits per heavy atom. The minimum absolute atomic E-state index is 0.0281. The third kappa shape index (κ3) is 6.24. The van der Waals surface area contributed by atoms with Crippen LogP contribution in [-0.4, -0.2) is 30.1 Å². The number of hydrogen-bond donors (Lipinski definition) is 3. The molecule has 0 bridgehead atoms. The van der Waals surface area contributed by atoms with Gasteiger partial charge in [-0.2, -0.15) is 20.1 Å². The molecule has 4 aromatic rings. The molecule has 0 amide bonds. The lowest BCUT2D eigenvalue weighted by Crippen LogP contribution is -2.12. The average molecular weight is 459 g/mol. The van der Waals surface area contributed by atoms with Crippen molar-refractivity contribution in [1.29, 1.82) is 0 Å². The van der Waals surface area contributed by atoms with Crippen LogP contribution in [0.2, 0.25) is 5.02 Å². The minimum Gasteiger partial charge on any atom is -0.348 e. The number of nitrogens with one attached hydrogen (secondary N) is 3. The fourth-order valence-corrected chi connectivity index (χ4v) is 3.28. The summed E-state index contributed by atoms with van der Waals surface area (Å²) in [5.74, 6) is 1.90. The lowest BCUT2D eigenvalue weighted by Gasteiger charge is -2.14. The molecule has 3 N–H and O–H groups in total. The Bertz CT molecular complexity index is 1270. The minimum atomic E-state index is -0.0281. The first-order valence-corrected chi connectivity index (χ1v) is 10.8. The van der Waals surface area contributed by atoms with Gasteiger partial charge in [-0.25, -0.2) is 0 Å². The van der Waals surface area contributed by atoms with Crippen molar-refractivity contribution in [2.45, 2.75) is 19.9 Å². The summed E-state index contributed by atoms with van der Waals surface area (Å²) < 4.78 is 0. The maximum Gasteiger partial charge on any atom is 0.233 e. The third-order valence-corrected chi connectivity index (χ3v) is 4.90. The van der Waals surface area contributed by atoms with Crippen molar-refractivity contribution in [3.8, 4) is 0 Å². The number of H-pyrrole nitrogens is 1. The van der Waals surface area contributed by atoms with Crippen LogP contribution in [0.1, 0.15) is 42.5 Å². The number of nitrogens with zero attached hydrogens (tertiary/aromatic N) is 5. The maximum absolute atomic E-state index is 6.09. The monoisotopic (exact) mass is 458 g/mol. The number of rotatable bonds is 8. The smallest absolute Gasteiger partial charge is 0.233 e. The first-order chi connectivity index (χ1) is 16.1. The first-order valence-electron chi connectivity index (χ1n) is 10.4. The van der Waals surface area contributed by atoms with Crippen LogP contribution in [-0.2, 0) is 0 Å². The highest BCUT2D eigenvalue weighted by Crippen LogP contribution is 2.20. The van der Waals surface area contributed by atoms with E-state index >= 15 is 0 Å². The summed E-state index contributed by atoms with van der Waals surface area (Å²) in [4.78, 5) is 17.7. The Hall–Kier alpha value is -4.04. The summed E-state index contributed by atoms with van der Waals surface area (Å²) in [6, 6.07) is 13.3. The Balaban J connectivity index is 1.62. The standard InChI is InChI=1S/C24H23ClN8/c1-3-5-20-15-22(33-32-20)30-24-29-21(9-8-17-6-4-7-19(25)14-17)28-23(31-24)27-16(2)18-10-12-26-13-11-18/h3-16H,1-2H3,(H3,27,28,29,30,31,32,33)/b5-3+,9-8+. The van der Waals surface area contributed by atoms with E-state index in [2.05, 4.69) is 40.8 Å². The summed E-state index contributed by atoms with van der Waals surface area (Å²) in [7, 11) is 0. The number of halogens is 1. The van der Waals surface area contributed by atoms with Crippen molar-refractivity contribution in [3.05, 3.63) is 88.6 Å². The third-order valence-electron chi connectivity index (χ3n) is 4.66. The zero-order valence-electron chi connectivity index (χ0n) is 18.2. The van der Waals surface area contributed by atoms with Gasteiger partial charge in [-0.05, 0) is 61.4 Å². The van der Waals surface area contributed by atoms with Crippen molar-refractivity contribution < 1.29 is 0 Å². The normalized spacial score (nSPS) is 12.3. The predicted molar refractivity (Wildman–Crippen MR) is 133 cm³/mol. The van der Waals surface area contributed by atoms with Crippen molar-refractivity contribution in [2.75, 3.05) is 10.6 Å². The van der Waals surface area contributed by atoms with Gasteiger partial charge in [0.25, 0.3) is 0 Å². The van der Waals surface area contributed by atoms with Crippen LogP contribution in [0.4, 0.5) is 17.7 Å². The van der Waals surface area contributed by atoms with Crippen LogP contribution in [0.5, 0.6) is 0 Å². The van der Waals surface area contributed by atoms with E-state index < -0.39 is 0 Å². The number of benzene rings is 1. The molecule has 0 aliphatic heterocycles. The molecular formula is C24H23ClN8. The summed E-state index contributed by atoms with van der Waals surface area (Å²) in [5.41, 5.74) is 2.89. The zero-order chi connectivity index (χ0) is 23.0. The summed E-state index contributed by atoms with van der Waals surface area (Å²) in [6.07, 6.45) is 11.1. The highest BCUT2D eigenvalue weighted by molar-refractivity contribution is 6.30. The van der Waals surface area contributed by atoms with E-state index in [4.69, 9.17) is 11.6 Å². The van der Waals surface area contributed by atoms with Gasteiger partial charge in [-0.3, -0.25) is 10.1 Å². The van der Waals surface area contributed by atoms with E-state index in [9.17, 15) is 0 Å². The van der Waals surface area contributed by atoms with Gasteiger partial charge in [0, 0.05) is 23.5 Å². The van der Waals surface area contributed by atoms with Gasteiger partial charge in [0.1, 0.15) is 0 Å². The summed E-state index contributed by atoms with van der Waals surface area (Å²) in [6.45, 7) is 3.98. The second-order valence-corrected chi connectivity index (χ2v) is 7.65. The predicted octanol–water partition coefficient (Wildman–Crippen LogP) is 5.76. The molecule has 0 aliphatic carbocycles. The topological polar surface area (TPSA) is 104 Å². The van der Waals surface area contributed by atoms with E-state index in [-0.39, 0.29) is 6.04 Å². The van der Waals surface area contributed by atoms with Gasteiger partial charge in [0.05, 0.1) is 11.7 Å². The number of anilines is 3. The van der Waals surface area contributed by atoms with Gasteiger partial charge >= 0.3 is 0 Å². The van der Waals surface area contributed by atoms with Gasteiger partial charge in [0.2, 0.25) is 11.9 Å².